The Kier molecular flexibility index (Phi) is 8.76. The lowest BCUT2D eigenvalue weighted by molar-refractivity contribution is -0.216. The zero-order valence-electron chi connectivity index (χ0n) is 28.7. The fourth-order valence-corrected chi connectivity index (χ4v) is 10.5. The number of Topliss-reactive ketones (excluding diaryl/α,β-unsaturated/α-hetero) is 1. The summed E-state index contributed by atoms with van der Waals surface area (Å²) in [6.45, 7) is 16.8. The van der Waals surface area contributed by atoms with Crippen molar-refractivity contribution in [1.29, 1.82) is 0 Å². The molecule has 0 N–H and O–H groups in total. The van der Waals surface area contributed by atoms with Gasteiger partial charge in [-0.25, -0.2) is 4.79 Å². The molecule has 0 aliphatic heterocycles. The molecule has 48 heavy (non-hydrogen) atoms. The largest absolute Gasteiger partial charge is 0.462 e. The molecule has 0 saturated heterocycles. The number of ketones is 1. The van der Waals surface area contributed by atoms with Gasteiger partial charge in [-0.2, -0.15) is 0 Å². The van der Waals surface area contributed by atoms with E-state index in [4.69, 9.17) is 23.7 Å². The molecule has 0 aromatic heterocycles. The standard InChI is InChI=1S/C37H44O11/c1-19-27(42)17-26-31(45-22(4)39)37-20(2)28(48-30(43)16-15-25-13-11-10-12-14-25)18-29(44-21(3)38)35(37,9)32(46-23(5)40)33(47-24(6)41)36(19,37)34(26,7)8/h10-16,19,26,28-29,31-33H,2,17-18H2,1,3-9H3. The second-order valence-corrected chi connectivity index (χ2v) is 14.3. The Morgan fingerprint density at radius 3 is 1.90 bits per heavy atom. The molecule has 11 nitrogen and oxygen atoms in total. The van der Waals surface area contributed by atoms with E-state index < -0.39 is 93.9 Å². The molecule has 1 aromatic carbocycles. The van der Waals surface area contributed by atoms with Gasteiger partial charge in [0.05, 0.1) is 10.8 Å². The first-order chi connectivity index (χ1) is 22.4. The van der Waals surface area contributed by atoms with Crippen molar-refractivity contribution < 1.29 is 52.5 Å². The van der Waals surface area contributed by atoms with Gasteiger partial charge in [0.15, 0.2) is 0 Å². The number of ether oxygens (including phenoxy) is 5. The minimum atomic E-state index is -1.59. The minimum Gasteiger partial charge on any atom is -0.462 e. The van der Waals surface area contributed by atoms with Crippen LogP contribution in [0.1, 0.15) is 73.8 Å². The van der Waals surface area contributed by atoms with Crippen LogP contribution in [0.2, 0.25) is 0 Å². The lowest BCUT2D eigenvalue weighted by atomic mass is 9.42. The van der Waals surface area contributed by atoms with Crippen molar-refractivity contribution in [3.05, 3.63) is 54.1 Å². The Morgan fingerprint density at radius 1 is 0.792 bits per heavy atom. The third kappa shape index (κ3) is 4.67. The van der Waals surface area contributed by atoms with Gasteiger partial charge in [-0.15, -0.1) is 0 Å². The zero-order valence-corrected chi connectivity index (χ0v) is 28.7. The average molecular weight is 665 g/mol. The highest BCUT2D eigenvalue weighted by Gasteiger charge is 2.94. The highest BCUT2D eigenvalue weighted by molar-refractivity contribution is 5.88. The predicted molar refractivity (Wildman–Crippen MR) is 170 cm³/mol. The number of hydrogen-bond donors (Lipinski definition) is 0. The fraction of sp³-hybridized carbons (Fsp3) is 0.568. The summed E-state index contributed by atoms with van der Waals surface area (Å²) < 4.78 is 30.7. The van der Waals surface area contributed by atoms with Crippen LogP contribution >= 0.6 is 0 Å². The van der Waals surface area contributed by atoms with Gasteiger partial charge in [0.2, 0.25) is 0 Å². The van der Waals surface area contributed by atoms with E-state index >= 15 is 0 Å². The molecule has 0 radical (unpaired) electrons. The van der Waals surface area contributed by atoms with Gasteiger partial charge in [-0.05, 0) is 22.6 Å². The van der Waals surface area contributed by atoms with E-state index in [-0.39, 0.29) is 18.6 Å². The monoisotopic (exact) mass is 664 g/mol. The molecule has 1 aromatic rings. The molecule has 258 valence electrons. The molecule has 5 rings (SSSR count). The van der Waals surface area contributed by atoms with Gasteiger partial charge in [0.25, 0.3) is 0 Å². The Hall–Kier alpha value is -4.28. The van der Waals surface area contributed by atoms with Crippen LogP contribution in [0.5, 0.6) is 0 Å². The quantitative estimate of drug-likeness (QED) is 0.175. The average Bonchev–Trinajstić information content (AvgIpc) is 3.23. The van der Waals surface area contributed by atoms with Crippen LogP contribution in [0.4, 0.5) is 0 Å². The van der Waals surface area contributed by atoms with Crippen molar-refractivity contribution in [2.24, 2.45) is 33.5 Å². The molecule has 2 spiro atoms. The maximum atomic E-state index is 14.1. The molecule has 0 amide bonds. The number of rotatable bonds is 7. The Balaban J connectivity index is 1.83. The molecule has 4 saturated carbocycles. The normalized spacial score (nSPS) is 37.6. The number of carbonyl (C=O) groups excluding carboxylic acids is 6. The summed E-state index contributed by atoms with van der Waals surface area (Å²) >= 11 is 0. The van der Waals surface area contributed by atoms with Crippen molar-refractivity contribution in [3.63, 3.8) is 0 Å². The van der Waals surface area contributed by atoms with Crippen LogP contribution in [-0.2, 0) is 52.5 Å². The molecule has 4 fully saturated rings. The van der Waals surface area contributed by atoms with Crippen molar-refractivity contribution >= 4 is 41.7 Å². The summed E-state index contributed by atoms with van der Waals surface area (Å²) in [5, 5.41) is 0. The number of esters is 5. The summed E-state index contributed by atoms with van der Waals surface area (Å²) in [7, 11) is 0. The number of fused-ring (bicyclic) bond motifs is 1. The van der Waals surface area contributed by atoms with Gasteiger partial charge in [-0.1, -0.05) is 64.6 Å². The van der Waals surface area contributed by atoms with Gasteiger partial charge in [0.1, 0.15) is 36.3 Å². The first kappa shape index (κ1) is 35.0. The first-order valence-corrected chi connectivity index (χ1v) is 16.2. The third-order valence-corrected chi connectivity index (χ3v) is 11.8. The predicted octanol–water partition coefficient (Wildman–Crippen LogP) is 4.56. The van der Waals surface area contributed by atoms with Crippen molar-refractivity contribution in [2.75, 3.05) is 0 Å². The molecule has 4 aliphatic rings. The third-order valence-electron chi connectivity index (χ3n) is 11.8. The topological polar surface area (TPSA) is 149 Å². The molecular formula is C37H44O11. The first-order valence-electron chi connectivity index (χ1n) is 16.2. The van der Waals surface area contributed by atoms with E-state index in [1.54, 1.807) is 19.9 Å². The molecule has 11 heteroatoms. The van der Waals surface area contributed by atoms with Crippen molar-refractivity contribution in [2.45, 2.75) is 98.8 Å². The van der Waals surface area contributed by atoms with Gasteiger partial charge in [-0.3, -0.25) is 24.0 Å². The van der Waals surface area contributed by atoms with Crippen molar-refractivity contribution in [3.8, 4) is 0 Å². The highest BCUT2D eigenvalue weighted by Crippen LogP contribution is 2.87. The maximum absolute atomic E-state index is 14.1. The number of carbonyl (C=O) groups is 6. The fourth-order valence-electron chi connectivity index (χ4n) is 10.5. The summed E-state index contributed by atoms with van der Waals surface area (Å²) in [5.74, 6) is -5.07. The van der Waals surface area contributed by atoms with E-state index in [0.717, 1.165) is 5.56 Å². The maximum Gasteiger partial charge on any atom is 0.331 e. The van der Waals surface area contributed by atoms with Crippen LogP contribution in [0.15, 0.2) is 48.6 Å². The lowest BCUT2D eigenvalue weighted by Crippen LogP contribution is -2.67. The van der Waals surface area contributed by atoms with Crippen LogP contribution in [0.3, 0.4) is 0 Å². The van der Waals surface area contributed by atoms with Crippen LogP contribution in [0, 0.1) is 33.5 Å². The second kappa shape index (κ2) is 12.0. The summed E-state index contributed by atoms with van der Waals surface area (Å²) in [6.07, 6.45) is -3.12. The second-order valence-electron chi connectivity index (χ2n) is 14.3. The van der Waals surface area contributed by atoms with Crippen molar-refractivity contribution in [1.82, 2.24) is 0 Å². The Morgan fingerprint density at radius 2 is 1.33 bits per heavy atom. The Bertz CT molecular complexity index is 1590. The molecular weight excluding hydrogens is 620 g/mol. The summed E-state index contributed by atoms with van der Waals surface area (Å²) in [4.78, 5) is 79.2. The van der Waals surface area contributed by atoms with Crippen LogP contribution < -0.4 is 0 Å². The minimum absolute atomic E-state index is 0.0342. The summed E-state index contributed by atoms with van der Waals surface area (Å²) in [5.41, 5.74) is -4.42. The van der Waals surface area contributed by atoms with Gasteiger partial charge in [0, 0.05) is 63.9 Å². The zero-order chi connectivity index (χ0) is 35.6. The SMILES string of the molecule is C=C1C(OC(=O)C=Cc2ccccc2)CC(OC(C)=O)C2(C)C(OC(C)=O)C(OC(C)=O)C34C(C)C(=O)CC(C(OC(C)=O)C123)C4(C)C. The van der Waals surface area contributed by atoms with E-state index in [9.17, 15) is 28.8 Å². The molecule has 0 heterocycles. The molecule has 10 unspecified atom stereocenters. The smallest absolute Gasteiger partial charge is 0.331 e. The van der Waals surface area contributed by atoms with E-state index in [1.807, 2.05) is 44.2 Å². The van der Waals surface area contributed by atoms with E-state index in [0.29, 0.717) is 5.57 Å². The summed E-state index contributed by atoms with van der Waals surface area (Å²) in [6, 6.07) is 9.14. The molecule has 4 aliphatic carbocycles. The van der Waals surface area contributed by atoms with Gasteiger partial charge >= 0.3 is 29.8 Å². The molecule has 10 atom stereocenters. The van der Waals surface area contributed by atoms with Crippen LogP contribution in [-0.4, -0.2) is 66.1 Å². The van der Waals surface area contributed by atoms with Gasteiger partial charge < -0.3 is 23.7 Å². The van der Waals surface area contributed by atoms with E-state index in [1.165, 1.54) is 33.8 Å². The van der Waals surface area contributed by atoms with E-state index in [2.05, 4.69) is 6.58 Å². The van der Waals surface area contributed by atoms with Crippen LogP contribution in [0.25, 0.3) is 6.08 Å². The number of benzene rings is 1. The molecule has 2 bridgehead atoms. The highest BCUT2D eigenvalue weighted by atomic mass is 16.6. The number of hydrogen-bond acceptors (Lipinski definition) is 11. The lowest BCUT2D eigenvalue weighted by Gasteiger charge is -2.61. The Labute approximate surface area is 280 Å².